The summed E-state index contributed by atoms with van der Waals surface area (Å²) in [6, 6.07) is 0.644. The van der Waals surface area contributed by atoms with Crippen LogP contribution in [0.15, 0.2) is 0 Å². The first-order valence-corrected chi connectivity index (χ1v) is 7.49. The molecule has 1 unspecified atom stereocenters. The van der Waals surface area contributed by atoms with E-state index in [0.29, 0.717) is 6.04 Å². The largest absolute Gasteiger partial charge is 0.394 e. The molecule has 3 nitrogen and oxygen atoms in total. The Kier molecular flexibility index (Phi) is 6.09. The van der Waals surface area contributed by atoms with Gasteiger partial charge in [0, 0.05) is 18.2 Å². The molecule has 0 bridgehead atoms. The van der Waals surface area contributed by atoms with Gasteiger partial charge in [0.15, 0.2) is 0 Å². The van der Waals surface area contributed by atoms with Crippen molar-refractivity contribution >= 4 is 0 Å². The molecule has 1 saturated carbocycles. The third-order valence-corrected chi connectivity index (χ3v) is 4.21. The van der Waals surface area contributed by atoms with Crippen LogP contribution in [0.3, 0.4) is 0 Å². The maximum Gasteiger partial charge on any atom is 0.0623 e. The second-order valence-electron chi connectivity index (χ2n) is 6.28. The summed E-state index contributed by atoms with van der Waals surface area (Å²) >= 11 is 0. The Hall–Kier alpha value is -0.120. The van der Waals surface area contributed by atoms with Crippen molar-refractivity contribution in [1.29, 1.82) is 0 Å². The van der Waals surface area contributed by atoms with E-state index >= 15 is 0 Å². The molecular weight excluding hydrogens is 226 g/mol. The van der Waals surface area contributed by atoms with Crippen LogP contribution >= 0.6 is 0 Å². The second kappa shape index (κ2) is 6.88. The standard InChI is InChI=1S/C15H31NO2/c1-5-14(3,4)18-11-7-10-15(6-2,12-17)16-13-8-9-13/h13,16-17H,5-12H2,1-4H3. The fourth-order valence-electron chi connectivity index (χ4n) is 2.11. The fraction of sp³-hybridized carbons (Fsp3) is 1.00. The maximum absolute atomic E-state index is 9.66. The van der Waals surface area contributed by atoms with E-state index in [0.717, 1.165) is 32.3 Å². The zero-order valence-corrected chi connectivity index (χ0v) is 12.6. The average Bonchev–Trinajstić information content (AvgIpc) is 3.17. The van der Waals surface area contributed by atoms with E-state index in [1.165, 1.54) is 12.8 Å². The van der Waals surface area contributed by atoms with Gasteiger partial charge in [0.05, 0.1) is 12.2 Å². The summed E-state index contributed by atoms with van der Waals surface area (Å²) in [7, 11) is 0. The lowest BCUT2D eigenvalue weighted by molar-refractivity contribution is -0.0250. The first kappa shape index (κ1) is 15.9. The first-order valence-electron chi connectivity index (χ1n) is 7.49. The van der Waals surface area contributed by atoms with Crippen molar-refractivity contribution in [3.8, 4) is 0 Å². The van der Waals surface area contributed by atoms with Gasteiger partial charge in [0.2, 0.25) is 0 Å². The third kappa shape index (κ3) is 5.25. The van der Waals surface area contributed by atoms with Crippen molar-refractivity contribution in [2.75, 3.05) is 13.2 Å². The van der Waals surface area contributed by atoms with Crippen LogP contribution in [-0.4, -0.2) is 35.5 Å². The Labute approximate surface area is 112 Å². The first-order chi connectivity index (χ1) is 8.47. The highest BCUT2D eigenvalue weighted by Crippen LogP contribution is 2.27. The number of rotatable bonds is 10. The number of hydrogen-bond acceptors (Lipinski definition) is 3. The smallest absolute Gasteiger partial charge is 0.0623 e. The highest BCUT2D eigenvalue weighted by atomic mass is 16.5. The molecule has 0 heterocycles. The van der Waals surface area contributed by atoms with Crippen LogP contribution in [0.1, 0.15) is 66.2 Å². The van der Waals surface area contributed by atoms with Crippen molar-refractivity contribution in [2.24, 2.45) is 0 Å². The van der Waals surface area contributed by atoms with E-state index in [9.17, 15) is 5.11 Å². The number of aliphatic hydroxyl groups excluding tert-OH is 1. The lowest BCUT2D eigenvalue weighted by Gasteiger charge is -2.33. The van der Waals surface area contributed by atoms with Crippen LogP contribution in [-0.2, 0) is 4.74 Å². The Bertz CT molecular complexity index is 233. The van der Waals surface area contributed by atoms with Gasteiger partial charge in [-0.05, 0) is 52.4 Å². The van der Waals surface area contributed by atoms with Crippen LogP contribution in [0.25, 0.3) is 0 Å². The van der Waals surface area contributed by atoms with Crippen molar-refractivity contribution in [3.05, 3.63) is 0 Å². The third-order valence-electron chi connectivity index (χ3n) is 4.21. The van der Waals surface area contributed by atoms with Gasteiger partial charge in [0.25, 0.3) is 0 Å². The zero-order valence-electron chi connectivity index (χ0n) is 12.6. The molecule has 0 radical (unpaired) electrons. The van der Waals surface area contributed by atoms with Crippen molar-refractivity contribution < 1.29 is 9.84 Å². The Morgan fingerprint density at radius 2 is 1.89 bits per heavy atom. The van der Waals surface area contributed by atoms with E-state index in [1.54, 1.807) is 0 Å². The molecule has 0 amide bonds. The van der Waals surface area contributed by atoms with Gasteiger partial charge >= 0.3 is 0 Å². The van der Waals surface area contributed by atoms with Crippen LogP contribution in [0.2, 0.25) is 0 Å². The zero-order chi connectivity index (χ0) is 13.6. The average molecular weight is 257 g/mol. The second-order valence-corrected chi connectivity index (χ2v) is 6.28. The van der Waals surface area contributed by atoms with Crippen molar-refractivity contribution in [1.82, 2.24) is 5.32 Å². The Balaban J connectivity index is 2.28. The fourth-order valence-corrected chi connectivity index (χ4v) is 2.11. The quantitative estimate of drug-likeness (QED) is 0.591. The number of ether oxygens (including phenoxy) is 1. The summed E-state index contributed by atoms with van der Waals surface area (Å²) < 4.78 is 5.87. The molecule has 18 heavy (non-hydrogen) atoms. The van der Waals surface area contributed by atoms with Crippen LogP contribution in [0.4, 0.5) is 0 Å². The molecule has 1 fully saturated rings. The summed E-state index contributed by atoms with van der Waals surface area (Å²) in [5.41, 5.74) is -0.0983. The lowest BCUT2D eigenvalue weighted by atomic mass is 9.91. The maximum atomic E-state index is 9.66. The summed E-state index contributed by atoms with van der Waals surface area (Å²) in [6.07, 6.45) is 6.56. The van der Waals surface area contributed by atoms with Gasteiger partial charge in [0.1, 0.15) is 0 Å². The van der Waals surface area contributed by atoms with E-state index in [4.69, 9.17) is 4.74 Å². The minimum atomic E-state index is -0.0825. The molecule has 1 atom stereocenters. The molecule has 1 rings (SSSR count). The van der Waals surface area contributed by atoms with Crippen LogP contribution < -0.4 is 5.32 Å². The summed E-state index contributed by atoms with van der Waals surface area (Å²) in [5.74, 6) is 0. The highest BCUT2D eigenvalue weighted by Gasteiger charge is 2.34. The monoisotopic (exact) mass is 257 g/mol. The van der Waals surface area contributed by atoms with Gasteiger partial charge in [-0.25, -0.2) is 0 Å². The van der Waals surface area contributed by atoms with E-state index in [2.05, 4.69) is 33.0 Å². The molecule has 0 spiro atoms. The summed E-state index contributed by atoms with van der Waals surface area (Å²) in [6.45, 7) is 9.59. The van der Waals surface area contributed by atoms with Gasteiger partial charge in [-0.3, -0.25) is 0 Å². The molecule has 0 aliphatic heterocycles. The van der Waals surface area contributed by atoms with Crippen LogP contribution in [0.5, 0.6) is 0 Å². The lowest BCUT2D eigenvalue weighted by Crippen LogP contribution is -2.49. The van der Waals surface area contributed by atoms with Gasteiger partial charge in [-0.15, -0.1) is 0 Å². The predicted octanol–water partition coefficient (Wildman–Crippen LogP) is 2.86. The van der Waals surface area contributed by atoms with Crippen LogP contribution in [0, 0.1) is 0 Å². The molecule has 1 aliphatic rings. The van der Waals surface area contributed by atoms with E-state index < -0.39 is 0 Å². The van der Waals surface area contributed by atoms with E-state index in [-0.39, 0.29) is 17.7 Å². The molecule has 2 N–H and O–H groups in total. The summed E-state index contributed by atoms with van der Waals surface area (Å²) in [4.78, 5) is 0. The minimum Gasteiger partial charge on any atom is -0.394 e. The van der Waals surface area contributed by atoms with E-state index in [1.807, 2.05) is 0 Å². The summed E-state index contributed by atoms with van der Waals surface area (Å²) in [5, 5.41) is 13.3. The molecule has 3 heteroatoms. The van der Waals surface area contributed by atoms with Gasteiger partial charge < -0.3 is 15.2 Å². The Morgan fingerprint density at radius 3 is 2.33 bits per heavy atom. The predicted molar refractivity (Wildman–Crippen MR) is 75.8 cm³/mol. The number of hydrogen-bond donors (Lipinski definition) is 2. The van der Waals surface area contributed by atoms with Gasteiger partial charge in [-0.1, -0.05) is 13.8 Å². The molecule has 0 aromatic heterocycles. The highest BCUT2D eigenvalue weighted by molar-refractivity contribution is 4.94. The molecule has 1 aliphatic carbocycles. The van der Waals surface area contributed by atoms with Gasteiger partial charge in [-0.2, -0.15) is 0 Å². The SMILES string of the molecule is CCC(CO)(CCCOC(C)(C)CC)NC1CC1. The minimum absolute atomic E-state index is 0.0159. The molecule has 0 aromatic carbocycles. The number of nitrogens with one attached hydrogen (secondary N) is 1. The normalized spacial score (nSPS) is 19.8. The Morgan fingerprint density at radius 1 is 1.22 bits per heavy atom. The molecule has 108 valence electrons. The van der Waals surface area contributed by atoms with Crippen molar-refractivity contribution in [3.63, 3.8) is 0 Å². The van der Waals surface area contributed by atoms with Crippen molar-refractivity contribution in [2.45, 2.75) is 83.4 Å². The molecule has 0 aromatic rings. The topological polar surface area (TPSA) is 41.5 Å². The molecular formula is C15H31NO2. The molecule has 0 saturated heterocycles. The number of aliphatic hydroxyl groups is 1.